The first-order chi connectivity index (χ1) is 7.16. The number of fused-ring (bicyclic) bond motifs is 3. The topological polar surface area (TPSA) is 43.8 Å². The summed E-state index contributed by atoms with van der Waals surface area (Å²) in [5.74, 6) is 1.17. The van der Waals surface area contributed by atoms with Crippen LogP contribution in [0.5, 0.6) is 0 Å². The van der Waals surface area contributed by atoms with Crippen LogP contribution in [0.1, 0.15) is 12.2 Å². The summed E-state index contributed by atoms with van der Waals surface area (Å²) >= 11 is 2.35. The Bertz CT molecular complexity index is 516. The maximum absolute atomic E-state index is 6.18. The zero-order chi connectivity index (χ0) is 10.5. The highest BCUT2D eigenvalue weighted by atomic mass is 127. The van der Waals surface area contributed by atoms with Crippen LogP contribution >= 0.6 is 22.6 Å². The lowest BCUT2D eigenvalue weighted by atomic mass is 10.1. The Morgan fingerprint density at radius 3 is 3.07 bits per heavy atom. The van der Waals surface area contributed by atoms with Crippen LogP contribution in [0, 0.1) is 0 Å². The Labute approximate surface area is 102 Å². The Morgan fingerprint density at radius 1 is 1.40 bits per heavy atom. The first-order valence-electron chi connectivity index (χ1n) is 5.08. The molecule has 2 heterocycles. The molecule has 0 aliphatic carbocycles. The predicted molar refractivity (Wildman–Crippen MR) is 69.0 cm³/mol. The van der Waals surface area contributed by atoms with Crippen LogP contribution in [-0.2, 0) is 13.0 Å². The molecule has 0 fully saturated rings. The molecule has 0 bridgehead atoms. The second-order valence-corrected chi connectivity index (χ2v) is 6.29. The second-order valence-electron chi connectivity index (χ2n) is 4.14. The van der Waals surface area contributed by atoms with Gasteiger partial charge >= 0.3 is 0 Å². The van der Waals surface area contributed by atoms with E-state index in [4.69, 9.17) is 5.73 Å². The molecule has 4 heteroatoms. The molecule has 15 heavy (non-hydrogen) atoms. The third kappa shape index (κ3) is 1.56. The third-order valence-corrected chi connectivity index (χ3v) is 3.80. The molecule has 0 spiro atoms. The smallest absolute Gasteiger partial charge is 0.110 e. The summed E-state index contributed by atoms with van der Waals surface area (Å²) in [6.07, 6.45) is 1.99. The van der Waals surface area contributed by atoms with E-state index in [-0.39, 0.29) is 3.55 Å². The number of alkyl halides is 1. The van der Waals surface area contributed by atoms with E-state index in [0.717, 1.165) is 24.9 Å². The van der Waals surface area contributed by atoms with Crippen molar-refractivity contribution in [1.82, 2.24) is 9.55 Å². The molecule has 1 aliphatic heterocycles. The van der Waals surface area contributed by atoms with Crippen LogP contribution in [0.25, 0.3) is 11.0 Å². The van der Waals surface area contributed by atoms with Gasteiger partial charge in [-0.2, -0.15) is 0 Å². The van der Waals surface area contributed by atoms with Gasteiger partial charge in [0.2, 0.25) is 0 Å². The summed E-state index contributed by atoms with van der Waals surface area (Å²) in [5.41, 5.74) is 8.47. The number of halogens is 1. The van der Waals surface area contributed by atoms with Crippen molar-refractivity contribution in [3.05, 3.63) is 30.1 Å². The number of para-hydroxylation sites is 2. The van der Waals surface area contributed by atoms with E-state index in [0.29, 0.717) is 0 Å². The predicted octanol–water partition coefficient (Wildman–Crippen LogP) is 2.07. The standard InChI is InChI=1S/C11H12IN3/c12-11(13)6-5-10-14-8-3-1-2-4-9(8)15(10)7-11/h1-4H,5-7,13H2. The molecule has 1 atom stereocenters. The summed E-state index contributed by atoms with van der Waals surface area (Å²) in [7, 11) is 0. The zero-order valence-corrected chi connectivity index (χ0v) is 10.4. The maximum Gasteiger partial charge on any atom is 0.110 e. The number of aryl methyl sites for hydroxylation is 1. The van der Waals surface area contributed by atoms with Crippen molar-refractivity contribution >= 4 is 33.6 Å². The minimum Gasteiger partial charge on any atom is -0.325 e. The quantitative estimate of drug-likeness (QED) is 0.460. The van der Waals surface area contributed by atoms with E-state index >= 15 is 0 Å². The average molecular weight is 313 g/mol. The fourth-order valence-corrected chi connectivity index (χ4v) is 2.77. The van der Waals surface area contributed by atoms with E-state index < -0.39 is 0 Å². The Hall–Kier alpha value is -0.620. The number of benzene rings is 1. The first-order valence-corrected chi connectivity index (χ1v) is 6.16. The van der Waals surface area contributed by atoms with Crippen molar-refractivity contribution in [2.24, 2.45) is 5.73 Å². The Balaban J connectivity index is 2.22. The molecule has 1 aromatic heterocycles. The van der Waals surface area contributed by atoms with Gasteiger partial charge < -0.3 is 10.3 Å². The molecule has 3 nitrogen and oxygen atoms in total. The van der Waals surface area contributed by atoms with Gasteiger partial charge in [0.15, 0.2) is 0 Å². The summed E-state index contributed by atoms with van der Waals surface area (Å²) < 4.78 is 2.14. The summed E-state index contributed by atoms with van der Waals surface area (Å²) in [6, 6.07) is 8.26. The first kappa shape index (κ1) is 9.59. The van der Waals surface area contributed by atoms with Crippen molar-refractivity contribution in [2.75, 3.05) is 0 Å². The van der Waals surface area contributed by atoms with Gasteiger partial charge in [0.25, 0.3) is 0 Å². The number of nitrogens with two attached hydrogens (primary N) is 1. The highest BCUT2D eigenvalue weighted by Crippen LogP contribution is 2.30. The zero-order valence-electron chi connectivity index (χ0n) is 8.28. The van der Waals surface area contributed by atoms with Gasteiger partial charge in [-0.15, -0.1) is 0 Å². The van der Waals surface area contributed by atoms with E-state index in [1.807, 2.05) is 6.07 Å². The molecular formula is C11H12IN3. The van der Waals surface area contributed by atoms with Crippen LogP contribution in [0.4, 0.5) is 0 Å². The minimum absolute atomic E-state index is 0.117. The number of nitrogens with zero attached hydrogens (tertiary/aromatic N) is 2. The lowest BCUT2D eigenvalue weighted by Gasteiger charge is -2.28. The lowest BCUT2D eigenvalue weighted by Crippen LogP contribution is -2.41. The average Bonchev–Trinajstić information content (AvgIpc) is 2.55. The van der Waals surface area contributed by atoms with Gasteiger partial charge in [-0.25, -0.2) is 4.98 Å². The van der Waals surface area contributed by atoms with Crippen molar-refractivity contribution in [3.8, 4) is 0 Å². The number of aromatic nitrogens is 2. The Kier molecular flexibility index (Phi) is 2.04. The van der Waals surface area contributed by atoms with E-state index in [1.54, 1.807) is 0 Å². The van der Waals surface area contributed by atoms with Gasteiger partial charge in [0.05, 0.1) is 21.1 Å². The van der Waals surface area contributed by atoms with Gasteiger partial charge in [0.1, 0.15) is 5.82 Å². The second kappa shape index (κ2) is 3.18. The Morgan fingerprint density at radius 2 is 2.20 bits per heavy atom. The maximum atomic E-state index is 6.18. The molecule has 78 valence electrons. The van der Waals surface area contributed by atoms with Gasteiger partial charge in [-0.05, 0) is 18.6 Å². The molecule has 1 aromatic carbocycles. The molecule has 3 rings (SSSR count). The van der Waals surface area contributed by atoms with Crippen molar-refractivity contribution in [2.45, 2.75) is 22.9 Å². The monoisotopic (exact) mass is 313 g/mol. The highest BCUT2D eigenvalue weighted by Gasteiger charge is 2.29. The van der Waals surface area contributed by atoms with Gasteiger partial charge in [-0.3, -0.25) is 0 Å². The van der Waals surface area contributed by atoms with Gasteiger partial charge in [0, 0.05) is 6.42 Å². The molecule has 0 amide bonds. The van der Waals surface area contributed by atoms with Crippen LogP contribution in [0.2, 0.25) is 0 Å². The number of hydrogen-bond donors (Lipinski definition) is 1. The van der Waals surface area contributed by atoms with E-state index in [9.17, 15) is 0 Å². The highest BCUT2D eigenvalue weighted by molar-refractivity contribution is 14.1. The molecule has 1 unspecified atom stereocenters. The lowest BCUT2D eigenvalue weighted by molar-refractivity contribution is 0.444. The van der Waals surface area contributed by atoms with Crippen LogP contribution in [0.3, 0.4) is 0 Å². The van der Waals surface area contributed by atoms with Crippen molar-refractivity contribution in [1.29, 1.82) is 0 Å². The fourth-order valence-electron chi connectivity index (χ4n) is 2.15. The third-order valence-electron chi connectivity index (χ3n) is 2.92. The number of hydrogen-bond acceptors (Lipinski definition) is 2. The molecule has 0 saturated heterocycles. The largest absolute Gasteiger partial charge is 0.325 e. The van der Waals surface area contributed by atoms with Crippen molar-refractivity contribution < 1.29 is 0 Å². The molecule has 2 N–H and O–H groups in total. The summed E-state index contributed by atoms with van der Waals surface area (Å²) in [4.78, 5) is 4.62. The molecular weight excluding hydrogens is 301 g/mol. The molecule has 0 saturated carbocycles. The van der Waals surface area contributed by atoms with E-state index in [2.05, 4.69) is 50.3 Å². The number of rotatable bonds is 0. The van der Waals surface area contributed by atoms with E-state index in [1.165, 1.54) is 11.3 Å². The SMILES string of the molecule is NC1(I)CCc2nc3ccccc3n2C1. The normalized spacial score (nSPS) is 25.5. The molecule has 1 aliphatic rings. The fraction of sp³-hybridized carbons (Fsp3) is 0.364. The minimum atomic E-state index is -0.117. The van der Waals surface area contributed by atoms with Crippen LogP contribution in [0.15, 0.2) is 24.3 Å². The number of imidazole rings is 1. The molecule has 0 radical (unpaired) electrons. The summed E-state index contributed by atoms with van der Waals surface area (Å²) in [5, 5.41) is 0. The molecule has 2 aromatic rings. The summed E-state index contributed by atoms with van der Waals surface area (Å²) in [6.45, 7) is 0.864. The van der Waals surface area contributed by atoms with Gasteiger partial charge in [-0.1, -0.05) is 34.7 Å². The van der Waals surface area contributed by atoms with Crippen LogP contribution in [-0.4, -0.2) is 13.1 Å². The van der Waals surface area contributed by atoms with Crippen LogP contribution < -0.4 is 5.73 Å². The van der Waals surface area contributed by atoms with Crippen molar-refractivity contribution in [3.63, 3.8) is 0 Å².